The Morgan fingerprint density at radius 2 is 1.90 bits per heavy atom. The van der Waals surface area contributed by atoms with Crippen molar-refractivity contribution in [1.29, 1.82) is 0 Å². The van der Waals surface area contributed by atoms with E-state index in [9.17, 15) is 4.79 Å². The molecule has 4 nitrogen and oxygen atoms in total. The average molecular weight is 278 g/mol. The monoisotopic (exact) mass is 278 g/mol. The normalized spacial score (nSPS) is 15.3. The van der Waals surface area contributed by atoms with Crippen LogP contribution in [-0.4, -0.2) is 24.3 Å². The Kier molecular flexibility index (Phi) is 3.51. The summed E-state index contributed by atoms with van der Waals surface area (Å²) in [7, 11) is 1.38. The van der Waals surface area contributed by atoms with Gasteiger partial charge in [-0.3, -0.25) is 4.99 Å². The Bertz CT molecular complexity index is 722. The third-order valence-corrected chi connectivity index (χ3v) is 3.27. The van der Waals surface area contributed by atoms with Gasteiger partial charge in [0, 0.05) is 23.7 Å². The number of aliphatic imine (C=N–C) groups is 1. The van der Waals surface area contributed by atoms with Gasteiger partial charge in [-0.1, -0.05) is 12.1 Å². The van der Waals surface area contributed by atoms with E-state index in [2.05, 4.69) is 9.98 Å². The fourth-order valence-corrected chi connectivity index (χ4v) is 2.27. The molecule has 1 aliphatic rings. The Balaban J connectivity index is 2.06. The van der Waals surface area contributed by atoms with Gasteiger partial charge in [0.15, 0.2) is 0 Å². The van der Waals surface area contributed by atoms with Crippen LogP contribution >= 0.6 is 0 Å². The molecule has 0 amide bonds. The van der Waals surface area contributed by atoms with Gasteiger partial charge in [-0.15, -0.1) is 0 Å². The number of hydrogen-bond acceptors (Lipinski definition) is 3. The second kappa shape index (κ2) is 5.63. The standard InChI is InChI=1S/C17H14N2O2/c1-21-17(20)13-8-6-12(7-9-13)16(14-4-2-10-18-14)15-5-3-11-19-15/h2-11,18H,1H3/b16-15+. The molecule has 1 aromatic carbocycles. The molecule has 1 aliphatic heterocycles. The molecule has 0 bridgehead atoms. The number of nitrogens with zero attached hydrogens (tertiary/aromatic N) is 1. The fraction of sp³-hybridized carbons (Fsp3) is 0.0588. The zero-order valence-corrected chi connectivity index (χ0v) is 11.5. The lowest BCUT2D eigenvalue weighted by Crippen LogP contribution is -2.01. The minimum atomic E-state index is -0.339. The van der Waals surface area contributed by atoms with E-state index < -0.39 is 0 Å². The number of nitrogens with one attached hydrogen (secondary N) is 1. The van der Waals surface area contributed by atoms with Crippen molar-refractivity contribution in [2.45, 2.75) is 0 Å². The predicted molar refractivity (Wildman–Crippen MR) is 82.2 cm³/mol. The van der Waals surface area contributed by atoms with Gasteiger partial charge in [-0.25, -0.2) is 4.79 Å². The Hall–Kier alpha value is -2.88. The number of rotatable bonds is 3. The smallest absolute Gasteiger partial charge is 0.337 e. The summed E-state index contributed by atoms with van der Waals surface area (Å²) in [5, 5.41) is 0. The maximum atomic E-state index is 11.5. The van der Waals surface area contributed by atoms with E-state index in [1.165, 1.54) is 7.11 Å². The van der Waals surface area contributed by atoms with Crippen molar-refractivity contribution in [2.24, 2.45) is 4.99 Å². The third-order valence-electron chi connectivity index (χ3n) is 3.27. The number of carbonyl (C=O) groups is 1. The number of ether oxygens (including phenoxy) is 1. The number of aromatic nitrogens is 1. The summed E-state index contributed by atoms with van der Waals surface area (Å²) in [6.07, 6.45) is 7.51. The van der Waals surface area contributed by atoms with Crippen LogP contribution in [0.25, 0.3) is 5.57 Å². The zero-order chi connectivity index (χ0) is 14.7. The number of hydrogen-bond donors (Lipinski definition) is 1. The van der Waals surface area contributed by atoms with E-state index in [0.29, 0.717) is 5.56 Å². The van der Waals surface area contributed by atoms with Crippen molar-refractivity contribution in [3.8, 4) is 0 Å². The van der Waals surface area contributed by atoms with Gasteiger partial charge in [-0.2, -0.15) is 0 Å². The third kappa shape index (κ3) is 2.56. The minimum absolute atomic E-state index is 0.339. The largest absolute Gasteiger partial charge is 0.465 e. The summed E-state index contributed by atoms with van der Waals surface area (Å²) in [6, 6.07) is 11.3. The zero-order valence-electron chi connectivity index (χ0n) is 11.5. The summed E-state index contributed by atoms with van der Waals surface area (Å²) < 4.78 is 4.72. The number of esters is 1. The van der Waals surface area contributed by atoms with Gasteiger partial charge in [0.25, 0.3) is 0 Å². The lowest BCUT2D eigenvalue weighted by atomic mass is 9.99. The molecule has 0 saturated heterocycles. The van der Waals surface area contributed by atoms with Crippen LogP contribution in [0.15, 0.2) is 65.4 Å². The fourth-order valence-electron chi connectivity index (χ4n) is 2.27. The van der Waals surface area contributed by atoms with E-state index in [1.54, 1.807) is 18.3 Å². The molecule has 1 aromatic heterocycles. The number of carbonyl (C=O) groups excluding carboxylic acids is 1. The maximum absolute atomic E-state index is 11.5. The first-order valence-corrected chi connectivity index (χ1v) is 6.57. The Morgan fingerprint density at radius 3 is 2.48 bits per heavy atom. The number of benzene rings is 1. The number of methoxy groups -OCH3 is 1. The Morgan fingerprint density at radius 1 is 1.14 bits per heavy atom. The topological polar surface area (TPSA) is 54.4 Å². The van der Waals surface area contributed by atoms with Gasteiger partial charge < -0.3 is 9.72 Å². The summed E-state index contributed by atoms with van der Waals surface area (Å²) in [6.45, 7) is 0. The molecule has 21 heavy (non-hydrogen) atoms. The van der Waals surface area contributed by atoms with E-state index >= 15 is 0 Å². The summed E-state index contributed by atoms with van der Waals surface area (Å²) in [5.41, 5.74) is 4.40. The minimum Gasteiger partial charge on any atom is -0.465 e. The van der Waals surface area contributed by atoms with Gasteiger partial charge in [0.05, 0.1) is 18.4 Å². The molecule has 2 heterocycles. The van der Waals surface area contributed by atoms with Crippen LogP contribution in [0.5, 0.6) is 0 Å². The summed E-state index contributed by atoms with van der Waals surface area (Å²) in [4.78, 5) is 19.1. The summed E-state index contributed by atoms with van der Waals surface area (Å²) >= 11 is 0. The SMILES string of the molecule is COC(=O)c1ccc(/C(=C2/C=CC=N2)c2ccc[nH]2)cc1. The predicted octanol–water partition coefficient (Wildman–Crippen LogP) is 3.20. The van der Waals surface area contributed by atoms with E-state index in [-0.39, 0.29) is 5.97 Å². The lowest BCUT2D eigenvalue weighted by Gasteiger charge is -2.09. The van der Waals surface area contributed by atoms with Crippen molar-refractivity contribution in [1.82, 2.24) is 4.98 Å². The van der Waals surface area contributed by atoms with Crippen LogP contribution in [0.4, 0.5) is 0 Å². The highest BCUT2D eigenvalue weighted by atomic mass is 16.5. The molecule has 0 unspecified atom stereocenters. The van der Waals surface area contributed by atoms with E-state index in [1.807, 2.05) is 42.6 Å². The molecule has 3 rings (SSSR count). The second-order valence-electron chi connectivity index (χ2n) is 4.55. The molecule has 0 atom stereocenters. The molecule has 0 radical (unpaired) electrons. The van der Waals surface area contributed by atoms with Crippen LogP contribution in [0.3, 0.4) is 0 Å². The van der Waals surface area contributed by atoms with Gasteiger partial charge in [0.2, 0.25) is 0 Å². The maximum Gasteiger partial charge on any atom is 0.337 e. The molecule has 0 saturated carbocycles. The first kappa shape index (κ1) is 13.1. The van der Waals surface area contributed by atoms with E-state index in [0.717, 1.165) is 22.5 Å². The second-order valence-corrected chi connectivity index (χ2v) is 4.55. The van der Waals surface area contributed by atoms with Crippen LogP contribution in [0, 0.1) is 0 Å². The molecular weight excluding hydrogens is 264 g/mol. The van der Waals surface area contributed by atoms with Crippen LogP contribution < -0.4 is 0 Å². The average Bonchev–Trinajstić information content (AvgIpc) is 3.21. The molecule has 2 aromatic rings. The van der Waals surface area contributed by atoms with Gasteiger partial charge in [-0.05, 0) is 42.0 Å². The van der Waals surface area contributed by atoms with Crippen LogP contribution in [0.1, 0.15) is 21.6 Å². The van der Waals surface area contributed by atoms with Gasteiger partial charge >= 0.3 is 5.97 Å². The molecule has 104 valence electrons. The molecule has 4 heteroatoms. The molecular formula is C17H14N2O2. The quantitative estimate of drug-likeness (QED) is 0.876. The molecule has 1 N–H and O–H groups in total. The Labute approximate surface area is 122 Å². The number of aromatic amines is 1. The van der Waals surface area contributed by atoms with Crippen molar-refractivity contribution in [3.63, 3.8) is 0 Å². The van der Waals surface area contributed by atoms with Crippen molar-refractivity contribution >= 4 is 17.8 Å². The number of H-pyrrole nitrogens is 1. The van der Waals surface area contributed by atoms with Crippen LogP contribution in [0.2, 0.25) is 0 Å². The van der Waals surface area contributed by atoms with Crippen LogP contribution in [-0.2, 0) is 4.74 Å². The lowest BCUT2D eigenvalue weighted by molar-refractivity contribution is 0.0601. The summed E-state index contributed by atoms with van der Waals surface area (Å²) in [5.74, 6) is -0.339. The van der Waals surface area contributed by atoms with Crippen molar-refractivity contribution in [3.05, 3.63) is 77.3 Å². The molecule has 0 fully saturated rings. The van der Waals surface area contributed by atoms with Crippen molar-refractivity contribution < 1.29 is 9.53 Å². The highest BCUT2D eigenvalue weighted by Crippen LogP contribution is 2.28. The van der Waals surface area contributed by atoms with Crippen molar-refractivity contribution in [2.75, 3.05) is 7.11 Å². The first-order valence-electron chi connectivity index (χ1n) is 6.57. The molecule has 0 spiro atoms. The molecule has 0 aliphatic carbocycles. The highest BCUT2D eigenvalue weighted by molar-refractivity contribution is 5.91. The van der Waals surface area contributed by atoms with Gasteiger partial charge in [0.1, 0.15) is 0 Å². The van der Waals surface area contributed by atoms with E-state index in [4.69, 9.17) is 4.74 Å². The first-order chi connectivity index (χ1) is 10.3. The highest BCUT2D eigenvalue weighted by Gasteiger charge is 2.13. The number of allylic oxidation sites excluding steroid dienone is 2.